The summed E-state index contributed by atoms with van der Waals surface area (Å²) in [5.41, 5.74) is 0. The summed E-state index contributed by atoms with van der Waals surface area (Å²) in [5.74, 6) is 2.21. The fourth-order valence-corrected chi connectivity index (χ4v) is 3.88. The molecule has 0 bridgehead atoms. The summed E-state index contributed by atoms with van der Waals surface area (Å²) in [4.78, 5) is 0. The summed E-state index contributed by atoms with van der Waals surface area (Å²) < 4.78 is 27.3. The van der Waals surface area contributed by atoms with Crippen molar-refractivity contribution in [2.45, 2.75) is 56.7 Å². The van der Waals surface area contributed by atoms with Crippen molar-refractivity contribution in [1.82, 2.24) is 10.0 Å². The van der Waals surface area contributed by atoms with Gasteiger partial charge in [0.15, 0.2) is 0 Å². The molecular weight excluding hydrogens is 260 g/mol. The normalized spacial score (nSPS) is 25.8. The summed E-state index contributed by atoms with van der Waals surface area (Å²) in [6.07, 6.45) is 7.63. The highest BCUT2D eigenvalue weighted by Crippen LogP contribution is 2.48. The molecule has 1 unspecified atom stereocenters. The van der Waals surface area contributed by atoms with Gasteiger partial charge in [0.1, 0.15) is 0 Å². The summed E-state index contributed by atoms with van der Waals surface area (Å²) in [7, 11) is -3.15. The van der Waals surface area contributed by atoms with Crippen LogP contribution < -0.4 is 10.0 Å². The second-order valence-corrected chi connectivity index (χ2v) is 8.91. The van der Waals surface area contributed by atoms with E-state index in [1.54, 1.807) is 6.92 Å². The summed E-state index contributed by atoms with van der Waals surface area (Å²) in [6.45, 7) is 3.06. The molecule has 3 fully saturated rings. The lowest BCUT2D eigenvalue weighted by molar-refractivity contribution is 0.400. The average Bonchev–Trinajstić information content (AvgIpc) is 3.23. The molecule has 0 aliphatic heterocycles. The van der Waals surface area contributed by atoms with Gasteiger partial charge in [-0.1, -0.05) is 0 Å². The first-order valence-electron chi connectivity index (χ1n) is 7.78. The van der Waals surface area contributed by atoms with Crippen molar-refractivity contribution in [2.75, 3.05) is 13.1 Å². The lowest BCUT2D eigenvalue weighted by Crippen LogP contribution is -2.41. The van der Waals surface area contributed by atoms with E-state index in [0.717, 1.165) is 11.8 Å². The molecule has 0 amide bonds. The Hall–Kier alpha value is -0.130. The Morgan fingerprint density at radius 1 is 1.00 bits per heavy atom. The molecule has 3 aliphatic carbocycles. The summed E-state index contributed by atoms with van der Waals surface area (Å²) >= 11 is 0. The van der Waals surface area contributed by atoms with Crippen LogP contribution in [-0.4, -0.2) is 32.8 Å². The highest BCUT2D eigenvalue weighted by molar-refractivity contribution is 7.90. The molecule has 0 saturated heterocycles. The van der Waals surface area contributed by atoms with Crippen LogP contribution in [0.25, 0.3) is 0 Å². The van der Waals surface area contributed by atoms with Gasteiger partial charge in [-0.3, -0.25) is 0 Å². The molecule has 3 aliphatic rings. The van der Waals surface area contributed by atoms with Gasteiger partial charge in [-0.2, -0.15) is 0 Å². The van der Waals surface area contributed by atoms with E-state index >= 15 is 0 Å². The molecule has 4 nitrogen and oxygen atoms in total. The van der Waals surface area contributed by atoms with Crippen LogP contribution in [0.15, 0.2) is 0 Å². The van der Waals surface area contributed by atoms with Crippen molar-refractivity contribution in [1.29, 1.82) is 0 Å². The number of nitrogens with one attached hydrogen (secondary N) is 2. The molecule has 19 heavy (non-hydrogen) atoms. The molecule has 2 N–H and O–H groups in total. The molecule has 5 heteroatoms. The molecule has 3 saturated carbocycles. The largest absolute Gasteiger partial charge is 0.313 e. The monoisotopic (exact) mass is 286 g/mol. The van der Waals surface area contributed by atoms with Gasteiger partial charge < -0.3 is 5.32 Å². The van der Waals surface area contributed by atoms with Crippen LogP contribution in [0.2, 0.25) is 0 Å². The first-order valence-corrected chi connectivity index (χ1v) is 9.33. The van der Waals surface area contributed by atoms with Gasteiger partial charge in [0.2, 0.25) is 10.0 Å². The number of rotatable bonds is 9. The molecule has 0 aromatic rings. The maximum atomic E-state index is 12.2. The second-order valence-electron chi connectivity index (χ2n) is 6.73. The van der Waals surface area contributed by atoms with Crippen LogP contribution in [0, 0.1) is 17.8 Å². The molecule has 110 valence electrons. The van der Waals surface area contributed by atoms with Crippen molar-refractivity contribution in [3.8, 4) is 0 Å². The smallest absolute Gasteiger partial charge is 0.215 e. The molecule has 0 aromatic heterocycles. The third-order valence-corrected chi connectivity index (χ3v) is 6.57. The highest BCUT2D eigenvalue weighted by Gasteiger charge is 2.41. The molecule has 0 aromatic carbocycles. The second kappa shape index (κ2) is 5.34. The van der Waals surface area contributed by atoms with Crippen LogP contribution in [0.1, 0.15) is 45.4 Å². The van der Waals surface area contributed by atoms with Crippen LogP contribution in [0.5, 0.6) is 0 Å². The molecule has 1 atom stereocenters. The van der Waals surface area contributed by atoms with Crippen LogP contribution >= 0.6 is 0 Å². The average molecular weight is 286 g/mol. The van der Waals surface area contributed by atoms with E-state index in [0.29, 0.717) is 25.0 Å². The number of hydrogen-bond donors (Lipinski definition) is 2. The van der Waals surface area contributed by atoms with Gasteiger partial charge in [-0.25, -0.2) is 13.1 Å². The Kier molecular flexibility index (Phi) is 3.89. The lowest BCUT2D eigenvalue weighted by Gasteiger charge is -2.19. The van der Waals surface area contributed by atoms with Crippen molar-refractivity contribution in [3.63, 3.8) is 0 Å². The third kappa shape index (κ3) is 3.92. The van der Waals surface area contributed by atoms with E-state index < -0.39 is 10.0 Å². The highest BCUT2D eigenvalue weighted by atomic mass is 32.2. The first kappa shape index (κ1) is 13.8. The van der Waals surface area contributed by atoms with Crippen LogP contribution in [0.4, 0.5) is 0 Å². The van der Waals surface area contributed by atoms with Crippen molar-refractivity contribution in [2.24, 2.45) is 17.8 Å². The standard InChI is InChI=1S/C14H26N2O2S/c1-10(8-15-13-6-7-13)19(17,18)16-9-14(11-2-3-11)12-4-5-12/h10-16H,2-9H2,1H3. The van der Waals surface area contributed by atoms with Gasteiger partial charge in [0, 0.05) is 19.1 Å². The van der Waals surface area contributed by atoms with Gasteiger partial charge in [0.05, 0.1) is 5.25 Å². The third-order valence-electron chi connectivity index (χ3n) is 4.78. The van der Waals surface area contributed by atoms with E-state index in [-0.39, 0.29) is 5.25 Å². The zero-order chi connectivity index (χ0) is 13.5. The predicted octanol–water partition coefficient (Wildman–Crippen LogP) is 1.48. The minimum atomic E-state index is -3.15. The Labute approximate surface area is 116 Å². The fraction of sp³-hybridized carbons (Fsp3) is 1.00. The Balaban J connectivity index is 1.45. The van der Waals surface area contributed by atoms with Crippen molar-refractivity contribution in [3.05, 3.63) is 0 Å². The molecule has 0 spiro atoms. The Morgan fingerprint density at radius 3 is 2.05 bits per heavy atom. The quantitative estimate of drug-likeness (QED) is 0.675. The summed E-state index contributed by atoms with van der Waals surface area (Å²) in [6, 6.07) is 0.573. The Morgan fingerprint density at radius 2 is 1.58 bits per heavy atom. The lowest BCUT2D eigenvalue weighted by atomic mass is 9.99. The van der Waals surface area contributed by atoms with E-state index in [2.05, 4.69) is 10.0 Å². The molecule has 0 radical (unpaired) electrons. The molecular formula is C14H26N2O2S. The van der Waals surface area contributed by atoms with Crippen LogP contribution in [-0.2, 0) is 10.0 Å². The zero-order valence-electron chi connectivity index (χ0n) is 11.8. The van der Waals surface area contributed by atoms with Crippen molar-refractivity contribution < 1.29 is 8.42 Å². The SMILES string of the molecule is CC(CNC1CC1)S(=O)(=O)NCC(C1CC1)C1CC1. The first-order chi connectivity index (χ1) is 9.06. The van der Waals surface area contributed by atoms with E-state index in [1.165, 1.54) is 38.5 Å². The topological polar surface area (TPSA) is 58.2 Å². The van der Waals surface area contributed by atoms with Gasteiger partial charge in [-0.15, -0.1) is 0 Å². The van der Waals surface area contributed by atoms with Crippen molar-refractivity contribution >= 4 is 10.0 Å². The zero-order valence-corrected chi connectivity index (χ0v) is 12.6. The van der Waals surface area contributed by atoms with Gasteiger partial charge in [0.25, 0.3) is 0 Å². The maximum absolute atomic E-state index is 12.2. The minimum absolute atomic E-state index is 0.327. The maximum Gasteiger partial charge on any atom is 0.215 e. The number of sulfonamides is 1. The number of hydrogen-bond acceptors (Lipinski definition) is 3. The summed E-state index contributed by atoms with van der Waals surface area (Å²) in [5, 5.41) is 2.97. The van der Waals surface area contributed by atoms with E-state index in [9.17, 15) is 8.42 Å². The predicted molar refractivity (Wildman–Crippen MR) is 76.3 cm³/mol. The Bertz CT molecular complexity index is 399. The molecule has 3 rings (SSSR count). The van der Waals surface area contributed by atoms with Gasteiger partial charge in [-0.05, 0) is 63.2 Å². The van der Waals surface area contributed by atoms with E-state index in [1.807, 2.05) is 0 Å². The van der Waals surface area contributed by atoms with Crippen LogP contribution in [0.3, 0.4) is 0 Å². The minimum Gasteiger partial charge on any atom is -0.313 e. The molecule has 0 heterocycles. The fourth-order valence-electron chi connectivity index (χ4n) is 2.85. The van der Waals surface area contributed by atoms with E-state index in [4.69, 9.17) is 0 Å². The van der Waals surface area contributed by atoms with Gasteiger partial charge >= 0.3 is 0 Å².